The third-order valence-corrected chi connectivity index (χ3v) is 4.92. The summed E-state index contributed by atoms with van der Waals surface area (Å²) in [6.07, 6.45) is 0. The molecule has 1 N–H and O–H groups in total. The van der Waals surface area contributed by atoms with Gasteiger partial charge in [-0.25, -0.2) is 4.98 Å². The van der Waals surface area contributed by atoms with Crippen molar-refractivity contribution >= 4 is 21.9 Å². The molecule has 6 nitrogen and oxygen atoms in total. The molecule has 0 aromatic carbocycles. The molecule has 0 radical (unpaired) electrons. The maximum Gasteiger partial charge on any atom is 0.327 e. The molecule has 1 aromatic heterocycles. The van der Waals surface area contributed by atoms with Crippen molar-refractivity contribution in [3.05, 3.63) is 16.1 Å². The lowest BCUT2D eigenvalue weighted by Crippen LogP contribution is -2.49. The molecular formula is C13H21BrN4O2. The number of hydrogen-bond acceptors (Lipinski definition) is 4. The summed E-state index contributed by atoms with van der Waals surface area (Å²) < 4.78 is 2.62. The van der Waals surface area contributed by atoms with Gasteiger partial charge < -0.3 is 14.6 Å². The number of nitrogens with zero attached hydrogens (tertiary/aromatic N) is 4. The average molecular weight is 345 g/mol. The SMILES string of the molecule is CCN1CCN(C(C(=O)O)c2nc(C)n(C)c2Br)CC1. The van der Waals surface area contributed by atoms with Gasteiger partial charge in [0.1, 0.15) is 16.1 Å². The highest BCUT2D eigenvalue weighted by Gasteiger charge is 2.34. The van der Waals surface area contributed by atoms with E-state index in [0.717, 1.165) is 43.2 Å². The summed E-state index contributed by atoms with van der Waals surface area (Å²) >= 11 is 3.46. The van der Waals surface area contributed by atoms with Gasteiger partial charge in [-0.15, -0.1) is 0 Å². The summed E-state index contributed by atoms with van der Waals surface area (Å²) in [5.74, 6) is -0.0286. The van der Waals surface area contributed by atoms with Gasteiger partial charge in [-0.3, -0.25) is 9.69 Å². The van der Waals surface area contributed by atoms with Crippen LogP contribution in [0, 0.1) is 6.92 Å². The highest BCUT2D eigenvalue weighted by atomic mass is 79.9. The van der Waals surface area contributed by atoms with Crippen LogP contribution in [0.3, 0.4) is 0 Å². The van der Waals surface area contributed by atoms with E-state index in [9.17, 15) is 9.90 Å². The Morgan fingerprint density at radius 1 is 1.40 bits per heavy atom. The number of aliphatic carboxylic acids is 1. The van der Waals surface area contributed by atoms with Crippen molar-refractivity contribution in [3.63, 3.8) is 0 Å². The van der Waals surface area contributed by atoms with E-state index in [0.29, 0.717) is 5.69 Å². The molecular weight excluding hydrogens is 324 g/mol. The van der Waals surface area contributed by atoms with E-state index < -0.39 is 12.0 Å². The molecule has 1 unspecified atom stereocenters. The third kappa shape index (κ3) is 2.89. The van der Waals surface area contributed by atoms with Crippen LogP contribution in [0.15, 0.2) is 4.60 Å². The van der Waals surface area contributed by atoms with E-state index in [4.69, 9.17) is 0 Å². The zero-order chi connectivity index (χ0) is 14.9. The average Bonchev–Trinajstić information content (AvgIpc) is 2.67. The van der Waals surface area contributed by atoms with Crippen LogP contribution in [-0.4, -0.2) is 63.2 Å². The molecule has 1 aliphatic rings. The summed E-state index contributed by atoms with van der Waals surface area (Å²) in [6.45, 7) is 8.34. The minimum Gasteiger partial charge on any atom is -0.480 e. The number of aryl methyl sites for hydroxylation is 1. The monoisotopic (exact) mass is 344 g/mol. The van der Waals surface area contributed by atoms with Gasteiger partial charge in [-0.2, -0.15) is 0 Å². The largest absolute Gasteiger partial charge is 0.480 e. The van der Waals surface area contributed by atoms with Crippen molar-refractivity contribution in [3.8, 4) is 0 Å². The summed E-state index contributed by atoms with van der Waals surface area (Å²) in [5.41, 5.74) is 0.599. The zero-order valence-electron chi connectivity index (χ0n) is 12.1. The number of aromatic nitrogens is 2. The third-order valence-electron chi connectivity index (χ3n) is 3.99. The number of carboxylic acids is 1. The van der Waals surface area contributed by atoms with Gasteiger partial charge in [0.2, 0.25) is 0 Å². The number of rotatable bonds is 4. The fourth-order valence-electron chi connectivity index (χ4n) is 2.57. The summed E-state index contributed by atoms with van der Waals surface area (Å²) in [4.78, 5) is 20.5. The van der Waals surface area contributed by atoms with Crippen LogP contribution in [-0.2, 0) is 11.8 Å². The molecule has 1 aromatic rings. The van der Waals surface area contributed by atoms with Crippen LogP contribution in [0.25, 0.3) is 0 Å². The lowest BCUT2D eigenvalue weighted by atomic mass is 10.1. The fraction of sp³-hybridized carbons (Fsp3) is 0.692. The zero-order valence-corrected chi connectivity index (χ0v) is 13.7. The Kier molecular flexibility index (Phi) is 4.82. The van der Waals surface area contributed by atoms with Crippen LogP contribution in [0.4, 0.5) is 0 Å². The van der Waals surface area contributed by atoms with Crippen molar-refractivity contribution < 1.29 is 9.90 Å². The molecule has 0 aliphatic carbocycles. The minimum atomic E-state index is -0.839. The Morgan fingerprint density at radius 3 is 2.40 bits per heavy atom. The van der Waals surface area contributed by atoms with Crippen LogP contribution >= 0.6 is 15.9 Å². The quantitative estimate of drug-likeness (QED) is 0.890. The fourth-order valence-corrected chi connectivity index (χ4v) is 3.13. The Bertz CT molecular complexity index is 495. The molecule has 112 valence electrons. The summed E-state index contributed by atoms with van der Waals surface area (Å²) in [7, 11) is 1.88. The molecule has 1 saturated heterocycles. The van der Waals surface area contributed by atoms with Gasteiger partial charge in [0, 0.05) is 33.2 Å². The standard InChI is InChI=1S/C13H21BrN4O2/c1-4-17-5-7-18(8-6-17)11(13(19)20)10-12(14)16(3)9(2)15-10/h11H,4-8H2,1-3H3,(H,19,20). The predicted molar refractivity (Wildman–Crippen MR) is 79.7 cm³/mol. The number of carboxylic acid groups (broad SMARTS) is 1. The molecule has 0 spiro atoms. The van der Waals surface area contributed by atoms with E-state index in [1.807, 2.05) is 23.4 Å². The van der Waals surface area contributed by atoms with Crippen molar-refractivity contribution in [1.29, 1.82) is 0 Å². The van der Waals surface area contributed by atoms with Crippen LogP contribution in [0.5, 0.6) is 0 Å². The number of piperazine rings is 1. The maximum atomic E-state index is 11.7. The van der Waals surface area contributed by atoms with E-state index in [1.165, 1.54) is 0 Å². The molecule has 7 heteroatoms. The van der Waals surface area contributed by atoms with E-state index >= 15 is 0 Å². The number of likely N-dealkylation sites (N-methyl/N-ethyl adjacent to an activating group) is 1. The predicted octanol–water partition coefficient (Wildman–Crippen LogP) is 1.25. The number of imidazole rings is 1. The Hall–Kier alpha value is -0.920. The van der Waals surface area contributed by atoms with Gasteiger partial charge >= 0.3 is 5.97 Å². The first-order valence-corrected chi connectivity index (χ1v) is 7.63. The van der Waals surface area contributed by atoms with Gasteiger partial charge in [0.25, 0.3) is 0 Å². The first kappa shape index (κ1) is 15.5. The van der Waals surface area contributed by atoms with Crippen LogP contribution in [0.1, 0.15) is 24.5 Å². The van der Waals surface area contributed by atoms with Crippen molar-refractivity contribution in [2.45, 2.75) is 19.9 Å². The number of carbonyl (C=O) groups is 1. The summed E-state index contributed by atoms with van der Waals surface area (Å²) in [5, 5.41) is 9.60. The highest BCUT2D eigenvalue weighted by molar-refractivity contribution is 9.10. The second kappa shape index (κ2) is 6.24. The van der Waals surface area contributed by atoms with Gasteiger partial charge in [0.15, 0.2) is 6.04 Å². The van der Waals surface area contributed by atoms with Gasteiger partial charge in [0.05, 0.1) is 0 Å². The lowest BCUT2D eigenvalue weighted by Gasteiger charge is -2.36. The highest BCUT2D eigenvalue weighted by Crippen LogP contribution is 2.28. The van der Waals surface area contributed by atoms with Crippen molar-refractivity contribution in [1.82, 2.24) is 19.4 Å². The van der Waals surface area contributed by atoms with Gasteiger partial charge in [-0.1, -0.05) is 6.92 Å². The van der Waals surface area contributed by atoms with E-state index in [-0.39, 0.29) is 0 Å². The number of halogens is 1. The topological polar surface area (TPSA) is 61.6 Å². The molecule has 2 rings (SSSR count). The minimum absolute atomic E-state index is 0.599. The van der Waals surface area contributed by atoms with Crippen molar-refractivity contribution in [2.24, 2.45) is 7.05 Å². The van der Waals surface area contributed by atoms with E-state index in [2.05, 4.69) is 32.7 Å². The second-order valence-electron chi connectivity index (χ2n) is 5.11. The Balaban J connectivity index is 2.24. The molecule has 0 saturated carbocycles. The van der Waals surface area contributed by atoms with Crippen LogP contribution < -0.4 is 0 Å². The molecule has 1 atom stereocenters. The van der Waals surface area contributed by atoms with Gasteiger partial charge in [-0.05, 0) is 29.4 Å². The number of hydrogen-bond donors (Lipinski definition) is 1. The molecule has 2 heterocycles. The van der Waals surface area contributed by atoms with E-state index in [1.54, 1.807) is 0 Å². The molecule has 20 heavy (non-hydrogen) atoms. The lowest BCUT2D eigenvalue weighted by molar-refractivity contribution is -0.144. The summed E-state index contributed by atoms with van der Waals surface area (Å²) in [6, 6.07) is -0.678. The molecule has 0 bridgehead atoms. The Labute approximate surface area is 127 Å². The first-order valence-electron chi connectivity index (χ1n) is 6.83. The molecule has 1 fully saturated rings. The normalized spacial score (nSPS) is 19.2. The maximum absolute atomic E-state index is 11.7. The smallest absolute Gasteiger partial charge is 0.327 e. The first-order chi connectivity index (χ1) is 9.45. The molecule has 1 aliphatic heterocycles. The molecule has 0 amide bonds. The van der Waals surface area contributed by atoms with Crippen molar-refractivity contribution in [2.75, 3.05) is 32.7 Å². The Morgan fingerprint density at radius 2 is 2.00 bits per heavy atom. The second-order valence-corrected chi connectivity index (χ2v) is 5.86. The van der Waals surface area contributed by atoms with Crippen LogP contribution in [0.2, 0.25) is 0 Å².